The van der Waals surface area contributed by atoms with Gasteiger partial charge in [0.05, 0.1) is 0 Å². The zero-order valence-corrected chi connectivity index (χ0v) is 16.3. The molecule has 138 valence electrons. The van der Waals surface area contributed by atoms with Gasteiger partial charge in [0, 0.05) is 12.7 Å². The Morgan fingerprint density at radius 3 is 2.65 bits per heavy atom. The van der Waals surface area contributed by atoms with Gasteiger partial charge in [0.25, 0.3) is 0 Å². The summed E-state index contributed by atoms with van der Waals surface area (Å²) in [5.41, 5.74) is 4.77. The molecule has 1 atom stereocenters. The third kappa shape index (κ3) is 3.65. The van der Waals surface area contributed by atoms with Gasteiger partial charge < -0.3 is 5.32 Å². The van der Waals surface area contributed by atoms with Crippen LogP contribution in [0.4, 0.5) is 5.82 Å². The molecular formula is C24H32N2. The minimum Gasteiger partial charge on any atom is -0.370 e. The number of nitrogens with zero attached hydrogens (tertiary/aromatic N) is 1. The Labute approximate surface area is 158 Å². The molecule has 0 saturated heterocycles. The zero-order chi connectivity index (χ0) is 18.0. The molecule has 1 fully saturated rings. The van der Waals surface area contributed by atoms with E-state index in [0.717, 1.165) is 37.0 Å². The second-order valence-corrected chi connectivity index (χ2v) is 8.91. The molecule has 26 heavy (non-hydrogen) atoms. The summed E-state index contributed by atoms with van der Waals surface area (Å²) in [6.45, 7) is 5.78. The van der Waals surface area contributed by atoms with Crippen molar-refractivity contribution in [2.24, 2.45) is 5.92 Å². The summed E-state index contributed by atoms with van der Waals surface area (Å²) in [5.74, 6) is 2.71. The first-order chi connectivity index (χ1) is 12.6. The van der Waals surface area contributed by atoms with Crippen molar-refractivity contribution in [3.63, 3.8) is 0 Å². The lowest BCUT2D eigenvalue weighted by Gasteiger charge is -2.22. The van der Waals surface area contributed by atoms with Gasteiger partial charge in [-0.2, -0.15) is 0 Å². The van der Waals surface area contributed by atoms with Crippen molar-refractivity contribution in [1.82, 2.24) is 4.98 Å². The van der Waals surface area contributed by atoms with Gasteiger partial charge in [-0.15, -0.1) is 0 Å². The lowest BCUT2D eigenvalue weighted by Crippen LogP contribution is -2.14. The maximum absolute atomic E-state index is 4.74. The molecular weight excluding hydrogens is 316 g/mol. The summed E-state index contributed by atoms with van der Waals surface area (Å²) >= 11 is 0. The third-order valence-corrected chi connectivity index (χ3v) is 6.55. The molecule has 2 heteroatoms. The quantitative estimate of drug-likeness (QED) is 0.640. The molecule has 1 aromatic carbocycles. The maximum atomic E-state index is 4.74. The van der Waals surface area contributed by atoms with Crippen LogP contribution >= 0.6 is 0 Å². The number of hydrogen-bond donors (Lipinski definition) is 1. The van der Waals surface area contributed by atoms with Crippen LogP contribution in [0, 0.1) is 5.92 Å². The molecule has 1 saturated carbocycles. The average molecular weight is 349 g/mol. The van der Waals surface area contributed by atoms with Gasteiger partial charge in [0.15, 0.2) is 0 Å². The van der Waals surface area contributed by atoms with Crippen molar-refractivity contribution in [3.05, 3.63) is 59.3 Å². The molecule has 2 aliphatic carbocycles. The van der Waals surface area contributed by atoms with E-state index in [-0.39, 0.29) is 5.41 Å². The number of nitrogens with one attached hydrogen (secondary N) is 1. The van der Waals surface area contributed by atoms with Gasteiger partial charge in [-0.25, -0.2) is 4.98 Å². The Hall–Kier alpha value is -1.83. The number of benzene rings is 1. The molecule has 4 rings (SSSR count). The molecule has 0 bridgehead atoms. The summed E-state index contributed by atoms with van der Waals surface area (Å²) in [4.78, 5) is 4.74. The molecule has 2 nitrogen and oxygen atoms in total. The Morgan fingerprint density at radius 1 is 1.12 bits per heavy atom. The molecule has 1 unspecified atom stereocenters. The topological polar surface area (TPSA) is 24.9 Å². The molecule has 1 heterocycles. The van der Waals surface area contributed by atoms with Gasteiger partial charge in [0.2, 0.25) is 0 Å². The van der Waals surface area contributed by atoms with Crippen molar-refractivity contribution in [2.45, 2.75) is 70.1 Å². The van der Waals surface area contributed by atoms with Gasteiger partial charge in [-0.1, -0.05) is 57.0 Å². The highest BCUT2D eigenvalue weighted by molar-refractivity contribution is 5.48. The van der Waals surface area contributed by atoms with Crippen LogP contribution in [0.3, 0.4) is 0 Å². The van der Waals surface area contributed by atoms with Crippen molar-refractivity contribution in [3.8, 4) is 0 Å². The van der Waals surface area contributed by atoms with Crippen molar-refractivity contribution in [1.29, 1.82) is 0 Å². The number of fused-ring (bicyclic) bond motifs is 1. The first-order valence-corrected chi connectivity index (χ1v) is 10.4. The highest BCUT2D eigenvalue weighted by Gasteiger charge is 2.41. The summed E-state index contributed by atoms with van der Waals surface area (Å²) in [6.07, 6.45) is 11.4. The van der Waals surface area contributed by atoms with E-state index in [2.05, 4.69) is 61.8 Å². The Balaban J connectivity index is 1.41. The standard InChI is InChI=1S/C24H32N2/c1-24(2)16-21(19-12-6-7-13-19)20-15-23(26-17-22(20)24)25-14-8-11-18-9-4-3-5-10-18/h3-5,9-10,15,17,19,21H,6-8,11-14,16H2,1-2H3,(H,25,26). The summed E-state index contributed by atoms with van der Waals surface area (Å²) < 4.78 is 0. The predicted molar refractivity (Wildman–Crippen MR) is 110 cm³/mol. The fourth-order valence-electron chi connectivity index (χ4n) is 5.14. The van der Waals surface area contributed by atoms with Crippen LogP contribution in [0.5, 0.6) is 0 Å². The number of hydrogen-bond acceptors (Lipinski definition) is 2. The van der Waals surface area contributed by atoms with Gasteiger partial charge in [-0.05, 0) is 72.1 Å². The number of aromatic nitrogens is 1. The van der Waals surface area contributed by atoms with E-state index in [1.807, 2.05) is 0 Å². The minimum absolute atomic E-state index is 0.279. The third-order valence-electron chi connectivity index (χ3n) is 6.55. The second-order valence-electron chi connectivity index (χ2n) is 8.91. The smallest absolute Gasteiger partial charge is 0.126 e. The van der Waals surface area contributed by atoms with E-state index in [4.69, 9.17) is 4.98 Å². The SMILES string of the molecule is CC1(C)CC(C2CCCC2)c2cc(NCCCc3ccccc3)ncc21. The van der Waals surface area contributed by atoms with Crippen molar-refractivity contribution in [2.75, 3.05) is 11.9 Å². The van der Waals surface area contributed by atoms with E-state index < -0.39 is 0 Å². The van der Waals surface area contributed by atoms with Gasteiger partial charge in [-0.3, -0.25) is 0 Å². The summed E-state index contributed by atoms with van der Waals surface area (Å²) in [5, 5.41) is 3.57. The highest BCUT2D eigenvalue weighted by atomic mass is 15.0. The van der Waals surface area contributed by atoms with Crippen LogP contribution in [0.15, 0.2) is 42.6 Å². The normalized spacial score (nSPS) is 21.7. The number of pyridine rings is 1. The first kappa shape index (κ1) is 17.6. The van der Waals surface area contributed by atoms with E-state index in [9.17, 15) is 0 Å². The van der Waals surface area contributed by atoms with Crippen molar-refractivity contribution < 1.29 is 0 Å². The van der Waals surface area contributed by atoms with Crippen LogP contribution < -0.4 is 5.32 Å². The number of aryl methyl sites for hydroxylation is 1. The zero-order valence-electron chi connectivity index (χ0n) is 16.3. The summed E-state index contributed by atoms with van der Waals surface area (Å²) in [7, 11) is 0. The fourth-order valence-corrected chi connectivity index (χ4v) is 5.14. The van der Waals surface area contributed by atoms with Gasteiger partial charge >= 0.3 is 0 Å². The van der Waals surface area contributed by atoms with E-state index in [1.165, 1.54) is 43.2 Å². The van der Waals surface area contributed by atoms with E-state index in [1.54, 1.807) is 5.56 Å². The Morgan fingerprint density at radius 2 is 1.88 bits per heavy atom. The molecule has 0 aliphatic heterocycles. The van der Waals surface area contributed by atoms with Crippen LogP contribution in [0.2, 0.25) is 0 Å². The monoisotopic (exact) mass is 348 g/mol. The first-order valence-electron chi connectivity index (χ1n) is 10.4. The largest absolute Gasteiger partial charge is 0.370 e. The molecule has 0 spiro atoms. The van der Waals surface area contributed by atoms with Gasteiger partial charge in [0.1, 0.15) is 5.82 Å². The molecule has 0 radical (unpaired) electrons. The molecule has 0 amide bonds. The van der Waals surface area contributed by atoms with Crippen LogP contribution in [0.25, 0.3) is 0 Å². The Kier molecular flexibility index (Phi) is 5.02. The van der Waals surface area contributed by atoms with Crippen LogP contribution in [-0.4, -0.2) is 11.5 Å². The summed E-state index contributed by atoms with van der Waals surface area (Å²) in [6, 6.07) is 13.1. The molecule has 2 aliphatic rings. The lowest BCUT2D eigenvalue weighted by atomic mass is 9.82. The molecule has 2 aromatic rings. The fraction of sp³-hybridized carbons (Fsp3) is 0.542. The van der Waals surface area contributed by atoms with E-state index in [0.29, 0.717) is 0 Å². The number of rotatable bonds is 6. The lowest BCUT2D eigenvalue weighted by molar-refractivity contribution is 0.375. The average Bonchev–Trinajstić information content (AvgIpc) is 3.26. The minimum atomic E-state index is 0.279. The maximum Gasteiger partial charge on any atom is 0.126 e. The van der Waals surface area contributed by atoms with Crippen LogP contribution in [-0.2, 0) is 11.8 Å². The Bertz CT molecular complexity index is 729. The second kappa shape index (κ2) is 7.42. The van der Waals surface area contributed by atoms with Crippen molar-refractivity contribution >= 4 is 5.82 Å². The highest BCUT2D eigenvalue weighted by Crippen LogP contribution is 2.52. The molecule has 1 aromatic heterocycles. The van der Waals surface area contributed by atoms with E-state index >= 15 is 0 Å². The number of anilines is 1. The molecule has 1 N–H and O–H groups in total. The van der Waals surface area contributed by atoms with Crippen LogP contribution in [0.1, 0.15) is 75.0 Å². The predicted octanol–water partition coefficient (Wildman–Crippen LogP) is 6.08.